The van der Waals surface area contributed by atoms with Gasteiger partial charge in [-0.25, -0.2) is 0 Å². The number of primary amides is 1. The van der Waals surface area contributed by atoms with Gasteiger partial charge in [-0.1, -0.05) is 31.2 Å². The van der Waals surface area contributed by atoms with Crippen molar-refractivity contribution in [2.45, 2.75) is 44.3 Å². The van der Waals surface area contributed by atoms with Gasteiger partial charge in [-0.05, 0) is 36.1 Å². The third-order valence-electron chi connectivity index (χ3n) is 7.79. The van der Waals surface area contributed by atoms with Gasteiger partial charge in [-0.2, -0.15) is 0 Å². The number of benzene rings is 2. The maximum atomic E-state index is 13.9. The number of para-hydroxylation sites is 1. The number of nitrogens with one attached hydrogen (secondary N) is 2. The Bertz CT molecular complexity index is 1330. The first-order valence-corrected chi connectivity index (χ1v) is 12.1. The van der Waals surface area contributed by atoms with E-state index in [-0.39, 0.29) is 38.0 Å². The molecule has 10 nitrogen and oxygen atoms in total. The summed E-state index contributed by atoms with van der Waals surface area (Å²) in [4.78, 5) is 54.1. The maximum absolute atomic E-state index is 13.9. The first-order valence-electron chi connectivity index (χ1n) is 12.1. The number of likely N-dealkylation sites (tertiary alicyclic amines) is 1. The summed E-state index contributed by atoms with van der Waals surface area (Å²) < 4.78 is 10.8. The largest absolute Gasteiger partial charge is 0.454 e. The quantitative estimate of drug-likeness (QED) is 0.516. The summed E-state index contributed by atoms with van der Waals surface area (Å²) in [6.07, 6.45) is 0.969. The van der Waals surface area contributed by atoms with Crippen LogP contribution < -0.4 is 25.8 Å². The van der Waals surface area contributed by atoms with Crippen LogP contribution in [0.25, 0.3) is 0 Å². The minimum Gasteiger partial charge on any atom is -0.454 e. The van der Waals surface area contributed by atoms with E-state index in [2.05, 4.69) is 10.6 Å². The highest BCUT2D eigenvalue weighted by Gasteiger charge is 2.70. The third-order valence-corrected chi connectivity index (χ3v) is 7.79. The van der Waals surface area contributed by atoms with Crippen molar-refractivity contribution in [3.63, 3.8) is 0 Å². The van der Waals surface area contributed by atoms with Gasteiger partial charge in [-0.15, -0.1) is 0 Å². The van der Waals surface area contributed by atoms with Crippen LogP contribution in [0.5, 0.6) is 11.5 Å². The number of anilines is 1. The zero-order chi connectivity index (χ0) is 25.2. The number of rotatable bonds is 6. The number of aryl methyl sites for hydroxylation is 1. The van der Waals surface area contributed by atoms with Gasteiger partial charge in [0.2, 0.25) is 30.4 Å². The second-order valence-corrected chi connectivity index (χ2v) is 9.66. The van der Waals surface area contributed by atoms with Crippen LogP contribution in [0.4, 0.5) is 5.69 Å². The second-order valence-electron chi connectivity index (χ2n) is 9.66. The molecule has 2 fully saturated rings. The minimum absolute atomic E-state index is 0.0318. The molecule has 0 unspecified atom stereocenters. The fourth-order valence-electron chi connectivity index (χ4n) is 6.17. The fourth-order valence-corrected chi connectivity index (χ4v) is 6.17. The molecule has 0 bridgehead atoms. The molecule has 4 heterocycles. The number of carbonyl (C=O) groups excluding carboxylic acids is 4. The normalized spacial score (nSPS) is 27.5. The maximum Gasteiger partial charge on any atom is 0.250 e. The van der Waals surface area contributed by atoms with Crippen molar-refractivity contribution < 1.29 is 28.7 Å². The summed E-state index contributed by atoms with van der Waals surface area (Å²) in [5.41, 5.74) is 7.00. The molecule has 4 aliphatic heterocycles. The SMILES string of the molecule is CCc1cccc2c1NC(=O)[C@]21N[C@@H](CCC(N)=O)[C@H]2C(=O)N(Cc3ccc4c(c3)OCO4)C(=O)[C@@H]21. The van der Waals surface area contributed by atoms with E-state index < -0.39 is 35.2 Å². The Balaban J connectivity index is 1.41. The highest BCUT2D eigenvalue weighted by molar-refractivity contribution is 6.15. The molecule has 2 aromatic rings. The Labute approximate surface area is 207 Å². The van der Waals surface area contributed by atoms with Crippen LogP contribution in [0, 0.1) is 11.8 Å². The lowest BCUT2D eigenvalue weighted by Crippen LogP contribution is -2.53. The molecule has 186 valence electrons. The zero-order valence-corrected chi connectivity index (χ0v) is 19.7. The molecule has 0 radical (unpaired) electrons. The van der Waals surface area contributed by atoms with Gasteiger partial charge < -0.3 is 20.5 Å². The minimum atomic E-state index is -1.40. The zero-order valence-electron chi connectivity index (χ0n) is 19.7. The van der Waals surface area contributed by atoms with Crippen molar-refractivity contribution >= 4 is 29.3 Å². The van der Waals surface area contributed by atoms with Crippen LogP contribution >= 0.6 is 0 Å². The lowest BCUT2D eigenvalue weighted by molar-refractivity contribution is -0.143. The van der Waals surface area contributed by atoms with Crippen molar-refractivity contribution in [1.82, 2.24) is 10.2 Å². The highest BCUT2D eigenvalue weighted by Crippen LogP contribution is 2.54. The number of ether oxygens (including phenoxy) is 2. The van der Waals surface area contributed by atoms with Gasteiger partial charge in [0.1, 0.15) is 5.54 Å². The molecule has 4 atom stereocenters. The molecule has 1 spiro atoms. The summed E-state index contributed by atoms with van der Waals surface area (Å²) in [7, 11) is 0. The molecule has 4 N–H and O–H groups in total. The van der Waals surface area contributed by atoms with E-state index >= 15 is 0 Å². The average molecular weight is 491 g/mol. The molecule has 0 saturated carbocycles. The van der Waals surface area contributed by atoms with Gasteiger partial charge in [0.15, 0.2) is 11.5 Å². The Morgan fingerprint density at radius 3 is 2.72 bits per heavy atom. The molecule has 0 aromatic heterocycles. The number of imide groups is 1. The molecular weight excluding hydrogens is 464 g/mol. The Hall–Kier alpha value is -3.92. The molecule has 4 amide bonds. The molecule has 10 heteroatoms. The van der Waals surface area contributed by atoms with Crippen LogP contribution in [0.3, 0.4) is 0 Å². The summed E-state index contributed by atoms with van der Waals surface area (Å²) in [6, 6.07) is 10.3. The monoisotopic (exact) mass is 490 g/mol. The number of hydrogen-bond acceptors (Lipinski definition) is 7. The van der Waals surface area contributed by atoms with Crippen LogP contribution in [0.1, 0.15) is 36.5 Å². The topological polar surface area (TPSA) is 140 Å². The predicted molar refractivity (Wildman–Crippen MR) is 127 cm³/mol. The Morgan fingerprint density at radius 1 is 1.14 bits per heavy atom. The van der Waals surface area contributed by atoms with E-state index in [1.807, 2.05) is 25.1 Å². The summed E-state index contributed by atoms with van der Waals surface area (Å²) in [6.45, 7) is 2.16. The van der Waals surface area contributed by atoms with Gasteiger partial charge in [0.05, 0.1) is 18.4 Å². The van der Waals surface area contributed by atoms with Crippen molar-refractivity contribution in [2.75, 3.05) is 12.1 Å². The molecule has 4 aliphatic rings. The molecular formula is C26H26N4O6. The molecule has 6 rings (SSSR count). The highest BCUT2D eigenvalue weighted by atomic mass is 16.7. The molecule has 2 saturated heterocycles. The lowest BCUT2D eigenvalue weighted by atomic mass is 9.76. The van der Waals surface area contributed by atoms with Crippen LogP contribution in [0.15, 0.2) is 36.4 Å². The first kappa shape index (κ1) is 22.5. The summed E-state index contributed by atoms with van der Waals surface area (Å²) in [5.74, 6) is -2.22. The standard InChI is InChI=1S/C26H26N4O6/c1-2-14-4-3-5-15-22(14)28-25(34)26(15)21-20(16(29-26)7-9-19(27)31)23(32)30(24(21)33)11-13-6-8-17-18(10-13)36-12-35-17/h3-6,8,10,16,20-21,29H,2,7,9,11-12H2,1H3,(H2,27,31)(H,28,34)/t16-,20+,21+,26-/m0/s1. The second kappa shape index (κ2) is 8.06. The Morgan fingerprint density at radius 2 is 1.94 bits per heavy atom. The number of fused-ring (bicyclic) bond motifs is 5. The molecule has 36 heavy (non-hydrogen) atoms. The van der Waals surface area contributed by atoms with Crippen molar-refractivity contribution in [1.29, 1.82) is 0 Å². The number of amides is 4. The predicted octanol–water partition coefficient (Wildman–Crippen LogP) is 1.16. The van der Waals surface area contributed by atoms with Crippen LogP contribution in [-0.4, -0.2) is 41.4 Å². The Kier molecular flexibility index (Phi) is 5.04. The molecule has 0 aliphatic carbocycles. The smallest absolute Gasteiger partial charge is 0.250 e. The molecule has 2 aromatic carbocycles. The van der Waals surface area contributed by atoms with Crippen molar-refractivity contribution in [3.8, 4) is 11.5 Å². The van der Waals surface area contributed by atoms with Gasteiger partial charge >= 0.3 is 0 Å². The van der Waals surface area contributed by atoms with Gasteiger partial charge in [-0.3, -0.25) is 29.4 Å². The third kappa shape index (κ3) is 3.07. The lowest BCUT2D eigenvalue weighted by Gasteiger charge is -2.29. The average Bonchev–Trinajstić information content (AvgIpc) is 3.59. The summed E-state index contributed by atoms with van der Waals surface area (Å²) in [5, 5.41) is 6.31. The fraction of sp³-hybridized carbons (Fsp3) is 0.385. The number of carbonyl (C=O) groups is 4. The van der Waals surface area contributed by atoms with E-state index in [0.717, 1.165) is 5.56 Å². The van der Waals surface area contributed by atoms with E-state index in [0.29, 0.717) is 34.7 Å². The van der Waals surface area contributed by atoms with E-state index in [9.17, 15) is 19.2 Å². The van der Waals surface area contributed by atoms with E-state index in [1.165, 1.54) is 4.90 Å². The summed E-state index contributed by atoms with van der Waals surface area (Å²) >= 11 is 0. The van der Waals surface area contributed by atoms with E-state index in [1.54, 1.807) is 18.2 Å². The van der Waals surface area contributed by atoms with Crippen molar-refractivity contribution in [3.05, 3.63) is 53.1 Å². The number of hydrogen-bond donors (Lipinski definition) is 3. The number of nitrogens with two attached hydrogens (primary N) is 1. The number of nitrogens with zero attached hydrogens (tertiary/aromatic N) is 1. The van der Waals surface area contributed by atoms with Crippen LogP contribution in [0.2, 0.25) is 0 Å². The van der Waals surface area contributed by atoms with Crippen LogP contribution in [-0.2, 0) is 37.7 Å². The van der Waals surface area contributed by atoms with Crippen molar-refractivity contribution in [2.24, 2.45) is 17.6 Å². The van der Waals surface area contributed by atoms with Gasteiger partial charge in [0.25, 0.3) is 0 Å². The van der Waals surface area contributed by atoms with E-state index in [4.69, 9.17) is 15.2 Å². The van der Waals surface area contributed by atoms with Gasteiger partial charge in [0, 0.05) is 23.7 Å². The first-order chi connectivity index (χ1) is 17.3.